The number of carboxylic acids is 1. The number of nitrogens with zero attached hydrogens (tertiary/aromatic N) is 1. The highest BCUT2D eigenvalue weighted by Gasteiger charge is 2.04. The summed E-state index contributed by atoms with van der Waals surface area (Å²) in [4.78, 5) is 24.8. The number of aromatic carboxylic acids is 1. The highest BCUT2D eigenvalue weighted by Crippen LogP contribution is 2.04. The number of rotatable bonds is 9. The molecule has 3 N–H and O–H groups in total. The highest BCUT2D eigenvalue weighted by molar-refractivity contribution is 5.87. The van der Waals surface area contributed by atoms with E-state index >= 15 is 0 Å². The Labute approximate surface area is 153 Å². The SMILES string of the molecule is CN(CCCNC(=O)NCc1ccc(C(=O)O)cc1)Cc1ccccc1. The molecular weight excluding hydrogens is 330 g/mol. The fourth-order valence-corrected chi connectivity index (χ4v) is 2.54. The van der Waals surface area contributed by atoms with Crippen LogP contribution in [0.25, 0.3) is 0 Å². The zero-order valence-electron chi connectivity index (χ0n) is 14.9. The molecule has 0 atom stereocenters. The van der Waals surface area contributed by atoms with Gasteiger partial charge in [-0.3, -0.25) is 0 Å². The second-order valence-electron chi connectivity index (χ2n) is 6.19. The average molecular weight is 355 g/mol. The zero-order valence-corrected chi connectivity index (χ0v) is 14.9. The fourth-order valence-electron chi connectivity index (χ4n) is 2.54. The van der Waals surface area contributed by atoms with E-state index in [1.54, 1.807) is 12.1 Å². The van der Waals surface area contributed by atoms with Crippen molar-refractivity contribution in [1.29, 1.82) is 0 Å². The summed E-state index contributed by atoms with van der Waals surface area (Å²) < 4.78 is 0. The average Bonchev–Trinajstić information content (AvgIpc) is 2.64. The summed E-state index contributed by atoms with van der Waals surface area (Å²) in [5.41, 5.74) is 2.36. The van der Waals surface area contributed by atoms with Crippen LogP contribution in [0.2, 0.25) is 0 Å². The topological polar surface area (TPSA) is 81.7 Å². The molecule has 2 aromatic rings. The molecule has 0 aliphatic carbocycles. The number of hydrogen-bond donors (Lipinski definition) is 3. The summed E-state index contributed by atoms with van der Waals surface area (Å²) in [7, 11) is 2.06. The van der Waals surface area contributed by atoms with Gasteiger partial charge in [-0.05, 0) is 43.3 Å². The zero-order chi connectivity index (χ0) is 18.8. The minimum absolute atomic E-state index is 0.224. The number of amides is 2. The Bertz CT molecular complexity index is 702. The van der Waals surface area contributed by atoms with Crippen molar-refractivity contribution in [2.75, 3.05) is 20.1 Å². The summed E-state index contributed by atoms with van der Waals surface area (Å²) in [6, 6.07) is 16.5. The minimum atomic E-state index is -0.959. The van der Waals surface area contributed by atoms with E-state index in [-0.39, 0.29) is 11.6 Å². The molecule has 2 amide bonds. The second-order valence-corrected chi connectivity index (χ2v) is 6.19. The van der Waals surface area contributed by atoms with Crippen LogP contribution in [0.3, 0.4) is 0 Å². The van der Waals surface area contributed by atoms with E-state index in [0.717, 1.165) is 25.1 Å². The maximum Gasteiger partial charge on any atom is 0.335 e. The Morgan fingerprint density at radius 3 is 2.31 bits per heavy atom. The molecule has 0 bridgehead atoms. The van der Waals surface area contributed by atoms with Gasteiger partial charge in [0.1, 0.15) is 0 Å². The summed E-state index contributed by atoms with van der Waals surface area (Å²) in [5, 5.41) is 14.4. The summed E-state index contributed by atoms with van der Waals surface area (Å²) >= 11 is 0. The quantitative estimate of drug-likeness (QED) is 0.604. The van der Waals surface area contributed by atoms with Crippen molar-refractivity contribution in [3.63, 3.8) is 0 Å². The first-order valence-corrected chi connectivity index (χ1v) is 8.61. The molecule has 6 heteroatoms. The van der Waals surface area contributed by atoms with Crippen molar-refractivity contribution in [1.82, 2.24) is 15.5 Å². The molecule has 2 rings (SSSR count). The largest absolute Gasteiger partial charge is 0.478 e. The molecule has 0 unspecified atom stereocenters. The second kappa shape index (κ2) is 10.2. The molecule has 138 valence electrons. The summed E-state index contributed by atoms with van der Waals surface area (Å²) in [6.07, 6.45) is 0.865. The lowest BCUT2D eigenvalue weighted by molar-refractivity contribution is 0.0697. The fraction of sp³-hybridized carbons (Fsp3) is 0.300. The third-order valence-corrected chi connectivity index (χ3v) is 3.95. The van der Waals surface area contributed by atoms with Crippen LogP contribution in [-0.2, 0) is 13.1 Å². The third-order valence-electron chi connectivity index (χ3n) is 3.95. The first kappa shape index (κ1) is 19.5. The van der Waals surface area contributed by atoms with Crippen molar-refractivity contribution >= 4 is 12.0 Å². The molecule has 0 radical (unpaired) electrons. The molecule has 0 spiro atoms. The predicted octanol–water partition coefficient (Wildman–Crippen LogP) is 2.71. The highest BCUT2D eigenvalue weighted by atomic mass is 16.4. The molecule has 26 heavy (non-hydrogen) atoms. The lowest BCUT2D eigenvalue weighted by Crippen LogP contribution is -2.36. The van der Waals surface area contributed by atoms with Gasteiger partial charge in [0.2, 0.25) is 0 Å². The van der Waals surface area contributed by atoms with E-state index in [1.807, 2.05) is 18.2 Å². The van der Waals surface area contributed by atoms with Crippen LogP contribution < -0.4 is 10.6 Å². The van der Waals surface area contributed by atoms with E-state index < -0.39 is 5.97 Å². The lowest BCUT2D eigenvalue weighted by Gasteiger charge is -2.16. The third kappa shape index (κ3) is 6.94. The first-order chi connectivity index (χ1) is 12.5. The maximum atomic E-state index is 11.8. The van der Waals surface area contributed by atoms with Crippen LogP contribution in [0.15, 0.2) is 54.6 Å². The number of carboxylic acid groups (broad SMARTS) is 1. The predicted molar refractivity (Wildman–Crippen MR) is 101 cm³/mol. The van der Waals surface area contributed by atoms with E-state index in [9.17, 15) is 9.59 Å². The monoisotopic (exact) mass is 355 g/mol. The van der Waals surface area contributed by atoms with Gasteiger partial charge in [-0.2, -0.15) is 0 Å². The van der Waals surface area contributed by atoms with E-state index in [0.29, 0.717) is 13.1 Å². The molecule has 0 aromatic heterocycles. The van der Waals surface area contributed by atoms with E-state index in [1.165, 1.54) is 17.7 Å². The molecular formula is C20H25N3O3. The normalized spacial score (nSPS) is 10.5. The number of urea groups is 1. The Kier molecular flexibility index (Phi) is 7.64. The number of carbonyl (C=O) groups excluding carboxylic acids is 1. The summed E-state index contributed by atoms with van der Waals surface area (Å²) in [6.45, 7) is 2.74. The van der Waals surface area contributed by atoms with Gasteiger partial charge in [-0.15, -0.1) is 0 Å². The number of hydrogen-bond acceptors (Lipinski definition) is 3. The minimum Gasteiger partial charge on any atom is -0.478 e. The number of nitrogens with one attached hydrogen (secondary N) is 2. The Hall–Kier alpha value is -2.86. The van der Waals surface area contributed by atoms with Crippen molar-refractivity contribution in [3.05, 3.63) is 71.3 Å². The first-order valence-electron chi connectivity index (χ1n) is 8.61. The van der Waals surface area contributed by atoms with Crippen LogP contribution in [-0.4, -0.2) is 42.1 Å². The molecule has 6 nitrogen and oxygen atoms in total. The Balaban J connectivity index is 1.59. The lowest BCUT2D eigenvalue weighted by atomic mass is 10.1. The molecule has 0 fully saturated rings. The van der Waals surface area contributed by atoms with Crippen LogP contribution >= 0.6 is 0 Å². The van der Waals surface area contributed by atoms with Crippen molar-refractivity contribution in [2.24, 2.45) is 0 Å². The standard InChI is InChI=1S/C20H25N3O3/c1-23(15-17-6-3-2-4-7-17)13-5-12-21-20(26)22-14-16-8-10-18(11-9-16)19(24)25/h2-4,6-11H,5,12-15H2,1H3,(H,24,25)(H2,21,22,26). The number of carbonyl (C=O) groups is 2. The van der Waals surface area contributed by atoms with Gasteiger partial charge in [-0.25, -0.2) is 9.59 Å². The van der Waals surface area contributed by atoms with Crippen LogP contribution in [0.4, 0.5) is 4.79 Å². The molecule has 0 aliphatic heterocycles. The molecule has 0 heterocycles. The van der Waals surface area contributed by atoms with E-state index in [2.05, 4.69) is 34.7 Å². The molecule has 0 saturated carbocycles. The van der Waals surface area contributed by atoms with Crippen LogP contribution in [0.5, 0.6) is 0 Å². The van der Waals surface area contributed by atoms with Gasteiger partial charge in [0.15, 0.2) is 0 Å². The van der Waals surface area contributed by atoms with Gasteiger partial charge in [-0.1, -0.05) is 42.5 Å². The van der Waals surface area contributed by atoms with E-state index in [4.69, 9.17) is 5.11 Å². The smallest absolute Gasteiger partial charge is 0.335 e. The Morgan fingerprint density at radius 1 is 0.962 bits per heavy atom. The maximum absolute atomic E-state index is 11.8. The number of benzene rings is 2. The summed E-state index contributed by atoms with van der Waals surface area (Å²) in [5.74, 6) is -0.959. The molecule has 0 aliphatic rings. The van der Waals surface area contributed by atoms with Crippen LogP contribution in [0.1, 0.15) is 27.9 Å². The molecule has 0 saturated heterocycles. The van der Waals surface area contributed by atoms with Gasteiger partial charge in [0.05, 0.1) is 5.56 Å². The molecule has 2 aromatic carbocycles. The van der Waals surface area contributed by atoms with Crippen molar-refractivity contribution in [2.45, 2.75) is 19.5 Å². The van der Waals surface area contributed by atoms with Crippen molar-refractivity contribution < 1.29 is 14.7 Å². The van der Waals surface area contributed by atoms with Gasteiger partial charge in [0, 0.05) is 19.6 Å². The Morgan fingerprint density at radius 2 is 1.65 bits per heavy atom. The van der Waals surface area contributed by atoms with Crippen molar-refractivity contribution in [3.8, 4) is 0 Å². The van der Waals surface area contributed by atoms with Gasteiger partial charge in [0.25, 0.3) is 0 Å². The van der Waals surface area contributed by atoms with Crippen LogP contribution in [0, 0.1) is 0 Å². The van der Waals surface area contributed by atoms with Gasteiger partial charge >= 0.3 is 12.0 Å². The van der Waals surface area contributed by atoms with Gasteiger partial charge < -0.3 is 20.6 Å².